The highest BCUT2D eigenvalue weighted by Crippen LogP contribution is 2.33. The van der Waals surface area contributed by atoms with Gasteiger partial charge in [-0.2, -0.15) is 0 Å². The van der Waals surface area contributed by atoms with Gasteiger partial charge in [0.25, 0.3) is 0 Å². The zero-order valence-corrected chi connectivity index (χ0v) is 13.9. The Morgan fingerprint density at radius 1 is 1.04 bits per heavy atom. The highest BCUT2D eigenvalue weighted by atomic mass is 127. The molecule has 4 rings (SSSR count). The van der Waals surface area contributed by atoms with E-state index in [4.69, 9.17) is 14.2 Å². The molecule has 0 spiro atoms. The molecule has 2 aromatic rings. The van der Waals surface area contributed by atoms with Gasteiger partial charge in [-0.25, -0.2) is 9.79 Å². The second-order valence-electron chi connectivity index (χ2n) is 4.96. The number of carbonyl (C=O) groups excluding carboxylic acids is 1. The molecule has 2 aliphatic rings. The van der Waals surface area contributed by atoms with Crippen LogP contribution in [0.15, 0.2) is 53.2 Å². The number of esters is 1. The minimum Gasteiger partial charge on any atom is -0.454 e. The lowest BCUT2D eigenvalue weighted by Crippen LogP contribution is -2.05. The number of fused-ring (bicyclic) bond motifs is 1. The van der Waals surface area contributed by atoms with E-state index in [0.29, 0.717) is 17.4 Å². The Morgan fingerprint density at radius 3 is 2.65 bits per heavy atom. The number of rotatable bonds is 2. The van der Waals surface area contributed by atoms with Crippen LogP contribution < -0.4 is 9.47 Å². The molecule has 23 heavy (non-hydrogen) atoms. The van der Waals surface area contributed by atoms with Gasteiger partial charge in [-0.05, 0) is 70.6 Å². The van der Waals surface area contributed by atoms with Crippen LogP contribution in [-0.2, 0) is 9.53 Å². The highest BCUT2D eigenvalue weighted by Gasteiger charge is 2.24. The number of halogens is 1. The summed E-state index contributed by atoms with van der Waals surface area (Å²) in [6, 6.07) is 13.1. The predicted octanol–water partition coefficient (Wildman–Crippen LogP) is 3.36. The van der Waals surface area contributed by atoms with E-state index < -0.39 is 5.97 Å². The number of hydrogen-bond donors (Lipinski definition) is 0. The van der Waals surface area contributed by atoms with E-state index in [1.807, 2.05) is 30.3 Å². The maximum Gasteiger partial charge on any atom is 0.363 e. The fourth-order valence-electron chi connectivity index (χ4n) is 2.29. The summed E-state index contributed by atoms with van der Waals surface area (Å²) in [7, 11) is 0. The van der Waals surface area contributed by atoms with Gasteiger partial charge in [-0.3, -0.25) is 0 Å². The smallest absolute Gasteiger partial charge is 0.363 e. The lowest BCUT2D eigenvalue weighted by Gasteiger charge is -1.98. The number of ether oxygens (including phenoxy) is 3. The van der Waals surface area contributed by atoms with E-state index >= 15 is 0 Å². The third kappa shape index (κ3) is 2.81. The zero-order valence-electron chi connectivity index (χ0n) is 11.8. The molecule has 0 aromatic heterocycles. The van der Waals surface area contributed by atoms with Gasteiger partial charge in [0.2, 0.25) is 12.7 Å². The average molecular weight is 419 g/mol. The summed E-state index contributed by atoms with van der Waals surface area (Å²) in [6.45, 7) is 0.215. The van der Waals surface area contributed by atoms with Gasteiger partial charge in [-0.1, -0.05) is 6.07 Å². The summed E-state index contributed by atoms with van der Waals surface area (Å²) in [5.41, 5.74) is 1.83. The van der Waals surface area contributed by atoms with Crippen molar-refractivity contribution in [3.8, 4) is 11.5 Å². The van der Waals surface area contributed by atoms with Crippen LogP contribution >= 0.6 is 22.6 Å². The normalized spacial score (nSPS) is 17.3. The predicted molar refractivity (Wildman–Crippen MR) is 92.3 cm³/mol. The maximum atomic E-state index is 12.0. The lowest BCUT2D eigenvalue weighted by molar-refractivity contribution is -0.129. The molecular formula is C17H10INO4. The molecule has 2 aromatic carbocycles. The Labute approximate surface area is 145 Å². The van der Waals surface area contributed by atoms with Gasteiger partial charge in [0.05, 0.1) is 0 Å². The molecule has 0 atom stereocenters. The van der Waals surface area contributed by atoms with Gasteiger partial charge in [0.1, 0.15) is 0 Å². The monoisotopic (exact) mass is 419 g/mol. The number of nitrogens with zero attached hydrogens (tertiary/aromatic N) is 1. The molecule has 5 nitrogen and oxygen atoms in total. The molecule has 2 heterocycles. The molecule has 0 N–H and O–H groups in total. The quantitative estimate of drug-likeness (QED) is 0.426. The van der Waals surface area contributed by atoms with Crippen molar-refractivity contribution in [3.05, 3.63) is 62.9 Å². The first-order valence-electron chi connectivity index (χ1n) is 6.87. The largest absolute Gasteiger partial charge is 0.454 e. The molecule has 0 fully saturated rings. The fourth-order valence-corrected chi connectivity index (χ4v) is 2.65. The molecule has 6 heteroatoms. The van der Waals surface area contributed by atoms with Crippen LogP contribution in [0.5, 0.6) is 11.5 Å². The Hall–Kier alpha value is -2.35. The number of cyclic esters (lactones) is 1. The first kappa shape index (κ1) is 14.3. The topological polar surface area (TPSA) is 57.1 Å². The molecule has 0 saturated carbocycles. The highest BCUT2D eigenvalue weighted by molar-refractivity contribution is 14.1. The molecule has 0 bridgehead atoms. The van der Waals surface area contributed by atoms with Crippen LogP contribution in [0.2, 0.25) is 0 Å². The Kier molecular flexibility index (Phi) is 3.53. The average Bonchev–Trinajstić information content (AvgIpc) is 3.15. The molecular weight excluding hydrogens is 409 g/mol. The molecule has 0 radical (unpaired) electrons. The second-order valence-corrected chi connectivity index (χ2v) is 6.20. The van der Waals surface area contributed by atoms with Crippen molar-refractivity contribution in [2.75, 3.05) is 6.79 Å². The standard InChI is InChI=1S/C17H10INO4/c18-12-4-2-11(3-5-12)16-19-13(17(20)23-16)7-10-1-6-14-15(8-10)22-9-21-14/h1-8H,9H2. The first-order valence-corrected chi connectivity index (χ1v) is 7.95. The van der Waals surface area contributed by atoms with Crippen LogP contribution in [0.3, 0.4) is 0 Å². The van der Waals surface area contributed by atoms with Crippen LogP contribution in [0.4, 0.5) is 0 Å². The van der Waals surface area contributed by atoms with E-state index in [1.54, 1.807) is 18.2 Å². The van der Waals surface area contributed by atoms with E-state index in [-0.39, 0.29) is 12.5 Å². The van der Waals surface area contributed by atoms with E-state index in [0.717, 1.165) is 14.7 Å². The third-order valence-corrected chi connectivity index (χ3v) is 4.13. The fraction of sp³-hybridized carbons (Fsp3) is 0.0588. The van der Waals surface area contributed by atoms with Crippen molar-refractivity contribution < 1.29 is 19.0 Å². The lowest BCUT2D eigenvalue weighted by atomic mass is 10.1. The summed E-state index contributed by atoms with van der Waals surface area (Å²) in [4.78, 5) is 16.3. The van der Waals surface area contributed by atoms with Gasteiger partial charge in [0.15, 0.2) is 17.2 Å². The molecule has 0 aliphatic carbocycles. The van der Waals surface area contributed by atoms with Crippen LogP contribution in [0, 0.1) is 3.57 Å². The number of hydrogen-bond acceptors (Lipinski definition) is 5. The minimum atomic E-state index is -0.462. The Morgan fingerprint density at radius 2 is 1.83 bits per heavy atom. The van der Waals surface area contributed by atoms with Crippen molar-refractivity contribution in [1.82, 2.24) is 0 Å². The van der Waals surface area contributed by atoms with Crippen molar-refractivity contribution in [2.24, 2.45) is 4.99 Å². The molecule has 0 amide bonds. The van der Waals surface area contributed by atoms with Gasteiger partial charge in [0, 0.05) is 9.13 Å². The molecule has 114 valence electrons. The summed E-state index contributed by atoms with van der Waals surface area (Å²) in [5.74, 6) is 1.21. The van der Waals surface area contributed by atoms with Gasteiger partial charge in [-0.15, -0.1) is 0 Å². The van der Waals surface area contributed by atoms with Crippen molar-refractivity contribution in [2.45, 2.75) is 0 Å². The summed E-state index contributed by atoms with van der Waals surface area (Å²) in [6.07, 6.45) is 1.67. The van der Waals surface area contributed by atoms with Gasteiger partial charge >= 0.3 is 5.97 Å². The van der Waals surface area contributed by atoms with Crippen LogP contribution in [0.25, 0.3) is 6.08 Å². The van der Waals surface area contributed by atoms with E-state index in [9.17, 15) is 4.79 Å². The summed E-state index contributed by atoms with van der Waals surface area (Å²) >= 11 is 2.22. The summed E-state index contributed by atoms with van der Waals surface area (Å²) < 4.78 is 16.9. The Bertz CT molecular complexity index is 855. The molecule has 2 aliphatic heterocycles. The first-order chi connectivity index (χ1) is 11.2. The molecule has 0 unspecified atom stereocenters. The molecule has 0 saturated heterocycles. The van der Waals surface area contributed by atoms with Gasteiger partial charge < -0.3 is 14.2 Å². The Balaban J connectivity index is 1.65. The number of carbonyl (C=O) groups is 1. The summed E-state index contributed by atoms with van der Waals surface area (Å²) in [5, 5.41) is 0. The third-order valence-electron chi connectivity index (χ3n) is 3.41. The number of benzene rings is 2. The van der Waals surface area contributed by atoms with Crippen molar-refractivity contribution in [3.63, 3.8) is 0 Å². The minimum absolute atomic E-state index is 0.215. The van der Waals surface area contributed by atoms with Crippen molar-refractivity contribution >= 4 is 40.5 Å². The van der Waals surface area contributed by atoms with E-state index in [1.165, 1.54) is 0 Å². The van der Waals surface area contributed by atoms with E-state index in [2.05, 4.69) is 27.6 Å². The SMILES string of the molecule is O=C1OC(c2ccc(I)cc2)=NC1=Cc1ccc2c(c1)OCO2. The van der Waals surface area contributed by atoms with Crippen LogP contribution in [-0.4, -0.2) is 18.7 Å². The van der Waals surface area contributed by atoms with Crippen LogP contribution in [0.1, 0.15) is 11.1 Å². The number of aliphatic imine (C=N–C) groups is 1. The maximum absolute atomic E-state index is 12.0. The van der Waals surface area contributed by atoms with Crippen molar-refractivity contribution in [1.29, 1.82) is 0 Å². The second kappa shape index (κ2) is 5.69. The zero-order chi connectivity index (χ0) is 15.8.